The minimum atomic E-state index is -0.347. The Hall–Kier alpha value is -1.54. The highest BCUT2D eigenvalue weighted by molar-refractivity contribution is 6.53. The first kappa shape index (κ1) is 15.8. The van der Waals surface area contributed by atoms with Gasteiger partial charge in [-0.1, -0.05) is 30.3 Å². The molecule has 0 spiro atoms. The molecule has 21 heavy (non-hydrogen) atoms. The molecule has 110 valence electrons. The van der Waals surface area contributed by atoms with Gasteiger partial charge >= 0.3 is 7.12 Å². The summed E-state index contributed by atoms with van der Waals surface area (Å²) in [6.45, 7) is 10.2. The fraction of sp³-hybridized carbons (Fsp3) is 0.389. The molecule has 0 aromatic heterocycles. The Morgan fingerprint density at radius 1 is 1.05 bits per heavy atom. The molecule has 1 aromatic rings. The summed E-state index contributed by atoms with van der Waals surface area (Å²) in [4.78, 5) is 0. The lowest BCUT2D eigenvalue weighted by Crippen LogP contribution is -2.41. The fourth-order valence-electron chi connectivity index (χ4n) is 2.13. The van der Waals surface area contributed by atoms with Crippen LogP contribution in [0.4, 0.5) is 0 Å². The standard InChI is InChI=1S/C18H23BO2/c1-6-7-11-16(15-12-9-8-10-13-15)14-19-20-17(2,3)18(4,5)21-19/h6,8-14H,1-5H3/b16-14-. The van der Waals surface area contributed by atoms with E-state index < -0.39 is 0 Å². The monoisotopic (exact) mass is 282 g/mol. The van der Waals surface area contributed by atoms with E-state index in [2.05, 4.69) is 45.6 Å². The van der Waals surface area contributed by atoms with Crippen molar-refractivity contribution in [3.63, 3.8) is 0 Å². The first-order valence-corrected chi connectivity index (χ1v) is 7.36. The Kier molecular flexibility index (Phi) is 4.58. The quantitative estimate of drug-likeness (QED) is 0.464. The molecule has 0 N–H and O–H groups in total. The molecule has 1 aromatic carbocycles. The fourth-order valence-corrected chi connectivity index (χ4v) is 2.13. The van der Waals surface area contributed by atoms with E-state index in [0.717, 1.165) is 11.1 Å². The van der Waals surface area contributed by atoms with Gasteiger partial charge in [0.2, 0.25) is 0 Å². The number of hydrogen-bond acceptors (Lipinski definition) is 2. The van der Waals surface area contributed by atoms with Gasteiger partial charge in [-0.15, -0.1) is 5.73 Å². The molecule has 1 aliphatic rings. The first-order chi connectivity index (χ1) is 9.86. The highest BCUT2D eigenvalue weighted by atomic mass is 16.7. The van der Waals surface area contributed by atoms with Crippen LogP contribution in [0.15, 0.2) is 54.2 Å². The molecule has 0 bridgehead atoms. The van der Waals surface area contributed by atoms with Crippen LogP contribution in [0.1, 0.15) is 40.2 Å². The molecule has 0 atom stereocenters. The van der Waals surface area contributed by atoms with E-state index >= 15 is 0 Å². The van der Waals surface area contributed by atoms with E-state index in [1.807, 2.05) is 43.3 Å². The van der Waals surface area contributed by atoms with Crippen LogP contribution in [-0.2, 0) is 9.31 Å². The van der Waals surface area contributed by atoms with Crippen molar-refractivity contribution < 1.29 is 9.31 Å². The zero-order valence-electron chi connectivity index (χ0n) is 13.5. The summed E-state index contributed by atoms with van der Waals surface area (Å²) in [7, 11) is -0.347. The SMILES string of the molecule is CC=C=C/C(=C/B1OC(C)(C)C(C)(C)O1)c1ccccc1. The van der Waals surface area contributed by atoms with Gasteiger partial charge in [0.05, 0.1) is 11.2 Å². The summed E-state index contributed by atoms with van der Waals surface area (Å²) in [6, 6.07) is 10.2. The lowest BCUT2D eigenvalue weighted by Gasteiger charge is -2.32. The molecule has 2 rings (SSSR count). The molecule has 1 aliphatic heterocycles. The van der Waals surface area contributed by atoms with Gasteiger partial charge in [-0.05, 0) is 63.9 Å². The van der Waals surface area contributed by atoms with Crippen LogP contribution in [0.2, 0.25) is 0 Å². The molecule has 0 aliphatic carbocycles. The second kappa shape index (κ2) is 6.07. The zero-order valence-corrected chi connectivity index (χ0v) is 13.5. The van der Waals surface area contributed by atoms with Gasteiger partial charge in [0.15, 0.2) is 0 Å². The molecule has 2 nitrogen and oxygen atoms in total. The van der Waals surface area contributed by atoms with Crippen molar-refractivity contribution >= 4 is 12.7 Å². The smallest absolute Gasteiger partial charge is 0.400 e. The van der Waals surface area contributed by atoms with Crippen molar-refractivity contribution in [2.75, 3.05) is 0 Å². The van der Waals surface area contributed by atoms with Gasteiger partial charge in [-0.3, -0.25) is 0 Å². The Morgan fingerprint density at radius 2 is 1.62 bits per heavy atom. The van der Waals surface area contributed by atoms with Crippen LogP contribution in [0.3, 0.4) is 0 Å². The van der Waals surface area contributed by atoms with Gasteiger partial charge < -0.3 is 9.31 Å². The summed E-state index contributed by atoms with van der Waals surface area (Å²) >= 11 is 0. The van der Waals surface area contributed by atoms with Crippen LogP contribution >= 0.6 is 0 Å². The normalized spacial score (nSPS) is 20.0. The van der Waals surface area contributed by atoms with Crippen LogP contribution < -0.4 is 0 Å². The zero-order chi connectivity index (χ0) is 15.5. The van der Waals surface area contributed by atoms with Crippen molar-refractivity contribution in [3.8, 4) is 0 Å². The molecule has 1 saturated heterocycles. The van der Waals surface area contributed by atoms with E-state index in [4.69, 9.17) is 9.31 Å². The Bertz CT molecular complexity index is 562. The lowest BCUT2D eigenvalue weighted by molar-refractivity contribution is 0.00578. The molecule has 3 heteroatoms. The van der Waals surface area contributed by atoms with E-state index in [1.165, 1.54) is 0 Å². The van der Waals surface area contributed by atoms with Crippen LogP contribution in [0, 0.1) is 0 Å². The Labute approximate surface area is 128 Å². The third-order valence-corrected chi connectivity index (χ3v) is 4.10. The first-order valence-electron chi connectivity index (χ1n) is 7.36. The number of rotatable bonds is 3. The number of benzene rings is 1. The van der Waals surface area contributed by atoms with Crippen molar-refractivity contribution in [2.45, 2.75) is 45.8 Å². The highest BCUT2D eigenvalue weighted by Gasteiger charge is 2.50. The predicted octanol–water partition coefficient (Wildman–Crippen LogP) is 4.43. The maximum Gasteiger partial charge on any atom is 0.487 e. The van der Waals surface area contributed by atoms with Crippen LogP contribution in [0.25, 0.3) is 5.57 Å². The number of allylic oxidation sites excluding steroid dienone is 2. The van der Waals surface area contributed by atoms with Crippen molar-refractivity contribution in [1.82, 2.24) is 0 Å². The molecular weight excluding hydrogens is 259 g/mol. The van der Waals surface area contributed by atoms with Crippen molar-refractivity contribution in [1.29, 1.82) is 0 Å². The van der Waals surface area contributed by atoms with Gasteiger partial charge in [0.1, 0.15) is 0 Å². The third kappa shape index (κ3) is 3.57. The van der Waals surface area contributed by atoms with Crippen molar-refractivity contribution in [2.24, 2.45) is 0 Å². The molecule has 0 radical (unpaired) electrons. The van der Waals surface area contributed by atoms with E-state index in [1.54, 1.807) is 0 Å². The van der Waals surface area contributed by atoms with Crippen LogP contribution in [0.5, 0.6) is 0 Å². The summed E-state index contributed by atoms with van der Waals surface area (Å²) in [5.41, 5.74) is 4.67. The summed E-state index contributed by atoms with van der Waals surface area (Å²) in [6.07, 6.45) is 3.85. The van der Waals surface area contributed by atoms with E-state index in [9.17, 15) is 0 Å². The lowest BCUT2D eigenvalue weighted by atomic mass is 9.85. The molecule has 0 unspecified atom stereocenters. The summed E-state index contributed by atoms with van der Waals surface area (Å²) < 4.78 is 12.1. The Morgan fingerprint density at radius 3 is 2.14 bits per heavy atom. The number of hydrogen-bond donors (Lipinski definition) is 0. The maximum absolute atomic E-state index is 6.04. The molecule has 1 fully saturated rings. The van der Waals surface area contributed by atoms with Gasteiger partial charge in [0.25, 0.3) is 0 Å². The highest BCUT2D eigenvalue weighted by Crippen LogP contribution is 2.37. The Balaban J connectivity index is 2.33. The minimum Gasteiger partial charge on any atom is -0.400 e. The van der Waals surface area contributed by atoms with Gasteiger partial charge in [-0.25, -0.2) is 0 Å². The second-order valence-electron chi connectivity index (χ2n) is 6.21. The topological polar surface area (TPSA) is 18.5 Å². The summed E-state index contributed by atoms with van der Waals surface area (Å²) in [5.74, 6) is 2.02. The molecule has 0 saturated carbocycles. The van der Waals surface area contributed by atoms with Crippen LogP contribution in [-0.4, -0.2) is 18.3 Å². The van der Waals surface area contributed by atoms with Crippen molar-refractivity contribution in [3.05, 3.63) is 59.8 Å². The average Bonchev–Trinajstić information content (AvgIpc) is 2.63. The maximum atomic E-state index is 6.04. The second-order valence-corrected chi connectivity index (χ2v) is 6.21. The predicted molar refractivity (Wildman–Crippen MR) is 88.8 cm³/mol. The summed E-state index contributed by atoms with van der Waals surface area (Å²) in [5, 5.41) is 0. The average molecular weight is 282 g/mol. The third-order valence-electron chi connectivity index (χ3n) is 4.10. The van der Waals surface area contributed by atoms with E-state index in [0.29, 0.717) is 0 Å². The molecule has 1 heterocycles. The largest absolute Gasteiger partial charge is 0.487 e. The minimum absolute atomic E-state index is 0.319. The van der Waals surface area contributed by atoms with E-state index in [-0.39, 0.29) is 18.3 Å². The van der Waals surface area contributed by atoms with Gasteiger partial charge in [-0.2, -0.15) is 0 Å². The molecular formula is C18H23BO2. The molecule has 0 amide bonds. The van der Waals surface area contributed by atoms with Gasteiger partial charge in [0, 0.05) is 0 Å².